The molecular formula is C17H22BrN5O4. The van der Waals surface area contributed by atoms with Crippen molar-refractivity contribution in [1.29, 1.82) is 0 Å². The first-order valence-electron chi connectivity index (χ1n) is 8.70. The van der Waals surface area contributed by atoms with Crippen molar-refractivity contribution in [2.45, 2.75) is 45.3 Å². The molecule has 2 aromatic heterocycles. The first kappa shape index (κ1) is 19.4. The number of H-pyrrole nitrogens is 1. The van der Waals surface area contributed by atoms with Crippen LogP contribution in [0.25, 0.3) is 11.0 Å². The first-order valence-corrected chi connectivity index (χ1v) is 9.49. The van der Waals surface area contributed by atoms with Gasteiger partial charge in [-0.1, -0.05) is 0 Å². The Morgan fingerprint density at radius 1 is 1.52 bits per heavy atom. The first-order chi connectivity index (χ1) is 12.7. The number of fused-ring (bicyclic) bond motifs is 1. The fourth-order valence-corrected chi connectivity index (χ4v) is 3.82. The van der Waals surface area contributed by atoms with Gasteiger partial charge in [0.2, 0.25) is 0 Å². The Balaban J connectivity index is 1.86. The van der Waals surface area contributed by atoms with Crippen LogP contribution in [0.2, 0.25) is 0 Å². The number of carbonyl (C=O) groups is 1. The molecule has 0 spiro atoms. The molecule has 1 aliphatic heterocycles. The minimum atomic E-state index is -0.565. The van der Waals surface area contributed by atoms with Gasteiger partial charge in [-0.3, -0.25) is 10.1 Å². The summed E-state index contributed by atoms with van der Waals surface area (Å²) in [4.78, 5) is 32.2. The summed E-state index contributed by atoms with van der Waals surface area (Å²) >= 11 is 3.48. The molecule has 3 rings (SSSR count). The highest BCUT2D eigenvalue weighted by Gasteiger charge is 2.29. The molecule has 2 N–H and O–H groups in total. The van der Waals surface area contributed by atoms with Crippen molar-refractivity contribution in [3.05, 3.63) is 27.0 Å². The van der Waals surface area contributed by atoms with Crippen LogP contribution in [0.15, 0.2) is 16.9 Å². The van der Waals surface area contributed by atoms with Crippen LogP contribution < -0.4 is 10.2 Å². The molecule has 0 bridgehead atoms. The van der Waals surface area contributed by atoms with Gasteiger partial charge < -0.3 is 19.9 Å². The molecule has 3 heterocycles. The van der Waals surface area contributed by atoms with Crippen LogP contribution in [0.1, 0.15) is 33.6 Å². The van der Waals surface area contributed by atoms with Crippen LogP contribution in [0.4, 0.5) is 16.2 Å². The monoisotopic (exact) mass is 439 g/mol. The summed E-state index contributed by atoms with van der Waals surface area (Å²) in [6, 6.07) is -0.110. The molecule has 1 amide bonds. The third kappa shape index (κ3) is 4.32. The van der Waals surface area contributed by atoms with Crippen molar-refractivity contribution < 1.29 is 14.5 Å². The molecular weight excluding hydrogens is 418 g/mol. The van der Waals surface area contributed by atoms with E-state index in [2.05, 4.69) is 31.2 Å². The molecule has 1 atom stereocenters. The summed E-state index contributed by atoms with van der Waals surface area (Å²) in [6.45, 7) is 6.70. The Labute approximate surface area is 164 Å². The van der Waals surface area contributed by atoms with E-state index in [-0.39, 0.29) is 11.7 Å². The number of hydrogen-bond donors (Lipinski definition) is 2. The smallest absolute Gasteiger partial charge is 0.407 e. The van der Waals surface area contributed by atoms with E-state index >= 15 is 0 Å². The number of aromatic amines is 1. The number of carbonyl (C=O) groups excluding carboxylic acids is 1. The zero-order chi connectivity index (χ0) is 19.8. The van der Waals surface area contributed by atoms with Gasteiger partial charge >= 0.3 is 6.09 Å². The minimum Gasteiger partial charge on any atom is -0.444 e. The summed E-state index contributed by atoms with van der Waals surface area (Å²) < 4.78 is 6.01. The molecule has 1 unspecified atom stereocenters. The molecule has 1 saturated heterocycles. The van der Waals surface area contributed by atoms with Crippen LogP contribution in [-0.4, -0.2) is 45.7 Å². The summed E-state index contributed by atoms with van der Waals surface area (Å²) in [5.74, 6) is 0. The Kier molecular flexibility index (Phi) is 5.27. The number of nitrogens with one attached hydrogen (secondary N) is 2. The summed E-state index contributed by atoms with van der Waals surface area (Å²) in [6.07, 6.45) is 4.18. The average molecular weight is 440 g/mol. The van der Waals surface area contributed by atoms with Gasteiger partial charge in [0.15, 0.2) is 0 Å². The number of alkyl carbamates (subject to hydrolysis) is 1. The van der Waals surface area contributed by atoms with E-state index in [1.54, 1.807) is 6.20 Å². The number of nitro groups is 1. The molecule has 0 aromatic carbocycles. The molecule has 0 saturated carbocycles. The lowest BCUT2D eigenvalue weighted by molar-refractivity contribution is -0.383. The lowest BCUT2D eigenvalue weighted by atomic mass is 10.0. The summed E-state index contributed by atoms with van der Waals surface area (Å²) in [5.41, 5.74) is 0.589. The predicted molar refractivity (Wildman–Crippen MR) is 105 cm³/mol. The van der Waals surface area contributed by atoms with Gasteiger partial charge in [-0.25, -0.2) is 9.78 Å². The third-order valence-corrected chi connectivity index (χ3v) is 4.84. The zero-order valence-electron chi connectivity index (χ0n) is 15.4. The predicted octanol–water partition coefficient (Wildman–Crippen LogP) is 3.73. The van der Waals surface area contributed by atoms with E-state index < -0.39 is 16.6 Å². The lowest BCUT2D eigenvalue weighted by Gasteiger charge is -2.35. The van der Waals surface area contributed by atoms with Crippen LogP contribution in [0.5, 0.6) is 0 Å². The SMILES string of the molecule is CC(C)(C)OC(=O)NC1CCCN(c2c(Br)cnc3[nH]cc([N+](=O)[O-])c23)C1. The van der Waals surface area contributed by atoms with Gasteiger partial charge in [0, 0.05) is 25.3 Å². The lowest BCUT2D eigenvalue weighted by Crippen LogP contribution is -2.49. The van der Waals surface area contributed by atoms with Crippen molar-refractivity contribution in [2.75, 3.05) is 18.0 Å². The second-order valence-corrected chi connectivity index (χ2v) is 8.40. The highest BCUT2D eigenvalue weighted by atomic mass is 79.9. The highest BCUT2D eigenvalue weighted by Crippen LogP contribution is 2.39. The molecule has 27 heavy (non-hydrogen) atoms. The van der Waals surface area contributed by atoms with Crippen LogP contribution in [0, 0.1) is 10.1 Å². The second-order valence-electron chi connectivity index (χ2n) is 7.54. The minimum absolute atomic E-state index is 0.0176. The molecule has 1 aliphatic rings. The van der Waals surface area contributed by atoms with Crippen molar-refractivity contribution in [1.82, 2.24) is 15.3 Å². The van der Waals surface area contributed by atoms with Crippen LogP contribution >= 0.6 is 15.9 Å². The van der Waals surface area contributed by atoms with E-state index in [0.29, 0.717) is 27.7 Å². The van der Waals surface area contributed by atoms with Gasteiger partial charge in [-0.15, -0.1) is 0 Å². The zero-order valence-corrected chi connectivity index (χ0v) is 17.0. The number of piperidine rings is 1. The number of hydrogen-bond acceptors (Lipinski definition) is 6. The molecule has 1 fully saturated rings. The van der Waals surface area contributed by atoms with Crippen molar-refractivity contribution in [3.63, 3.8) is 0 Å². The van der Waals surface area contributed by atoms with E-state index in [4.69, 9.17) is 4.74 Å². The molecule has 146 valence electrons. The number of aromatic nitrogens is 2. The number of pyridine rings is 1. The van der Waals surface area contributed by atoms with E-state index in [0.717, 1.165) is 19.4 Å². The number of halogens is 1. The van der Waals surface area contributed by atoms with Crippen molar-refractivity contribution >= 4 is 44.4 Å². The van der Waals surface area contributed by atoms with Gasteiger partial charge in [0.1, 0.15) is 16.6 Å². The maximum absolute atomic E-state index is 12.1. The quantitative estimate of drug-likeness (QED) is 0.556. The van der Waals surface area contributed by atoms with Crippen molar-refractivity contribution in [2.24, 2.45) is 0 Å². The molecule has 0 aliphatic carbocycles. The van der Waals surface area contributed by atoms with E-state index in [9.17, 15) is 14.9 Å². The second kappa shape index (κ2) is 7.34. The Morgan fingerprint density at radius 3 is 2.93 bits per heavy atom. The topological polar surface area (TPSA) is 113 Å². The van der Waals surface area contributed by atoms with Gasteiger partial charge in [-0.05, 0) is 49.5 Å². The number of ether oxygens (including phenoxy) is 1. The summed E-state index contributed by atoms with van der Waals surface area (Å²) in [7, 11) is 0. The maximum Gasteiger partial charge on any atom is 0.407 e. The molecule has 0 radical (unpaired) electrons. The largest absolute Gasteiger partial charge is 0.444 e. The maximum atomic E-state index is 12.1. The number of amides is 1. The fraction of sp³-hybridized carbons (Fsp3) is 0.529. The van der Waals surface area contributed by atoms with Crippen LogP contribution in [0.3, 0.4) is 0 Å². The standard InChI is InChI=1S/C17H22BrN5O4/c1-17(2,3)27-16(24)21-10-5-4-6-22(9-10)14-11(18)7-19-15-13(14)12(8-20-15)23(25)26/h7-8,10H,4-6,9H2,1-3H3,(H,19,20)(H,21,24). The highest BCUT2D eigenvalue weighted by molar-refractivity contribution is 9.10. The molecule has 9 nitrogen and oxygen atoms in total. The normalized spacial score (nSPS) is 17.8. The Morgan fingerprint density at radius 2 is 2.26 bits per heavy atom. The Hall–Kier alpha value is -2.36. The fourth-order valence-electron chi connectivity index (χ4n) is 3.26. The van der Waals surface area contributed by atoms with Gasteiger partial charge in [0.05, 0.1) is 21.3 Å². The average Bonchev–Trinajstić information content (AvgIpc) is 2.97. The summed E-state index contributed by atoms with van der Waals surface area (Å²) in [5, 5.41) is 14.8. The van der Waals surface area contributed by atoms with E-state index in [1.165, 1.54) is 6.20 Å². The van der Waals surface area contributed by atoms with Crippen LogP contribution in [-0.2, 0) is 4.74 Å². The Bertz CT molecular complexity index is 876. The molecule has 2 aromatic rings. The number of anilines is 1. The third-order valence-electron chi connectivity index (χ3n) is 4.26. The number of nitrogens with zero attached hydrogens (tertiary/aromatic N) is 3. The van der Waals surface area contributed by atoms with Gasteiger partial charge in [0.25, 0.3) is 5.69 Å². The number of rotatable bonds is 3. The van der Waals surface area contributed by atoms with E-state index in [1.807, 2.05) is 25.7 Å². The van der Waals surface area contributed by atoms with Crippen molar-refractivity contribution in [3.8, 4) is 0 Å². The molecule has 10 heteroatoms. The van der Waals surface area contributed by atoms with Gasteiger partial charge in [-0.2, -0.15) is 0 Å².